The minimum Gasteiger partial charge on any atom is -0.322 e. The molecule has 0 unspecified atom stereocenters. The number of hydrogen-bond acceptors (Lipinski definition) is 4. The molecule has 0 aliphatic carbocycles. The number of aryl methyl sites for hydroxylation is 2. The number of anilines is 1. The highest BCUT2D eigenvalue weighted by Crippen LogP contribution is 2.16. The zero-order valence-electron chi connectivity index (χ0n) is 15.0. The van der Waals surface area contributed by atoms with Crippen LogP contribution in [0, 0.1) is 13.8 Å². The van der Waals surface area contributed by atoms with Crippen LogP contribution in [0.15, 0.2) is 54.6 Å². The van der Waals surface area contributed by atoms with Gasteiger partial charge in [-0.25, -0.2) is 18.2 Å². The predicted octanol–water partition coefficient (Wildman–Crippen LogP) is 2.53. The van der Waals surface area contributed by atoms with Crippen molar-refractivity contribution in [3.05, 3.63) is 77.1 Å². The number of benzene rings is 2. The number of rotatable bonds is 5. The lowest BCUT2D eigenvalue weighted by molar-refractivity contribution is 0.102. The first-order chi connectivity index (χ1) is 12.7. The number of nitrogens with zero attached hydrogens (tertiary/aromatic N) is 2. The van der Waals surface area contributed by atoms with E-state index in [1.54, 1.807) is 36.4 Å². The van der Waals surface area contributed by atoms with Gasteiger partial charge in [0.15, 0.2) is 0 Å². The molecule has 0 saturated heterocycles. The van der Waals surface area contributed by atoms with E-state index in [0.717, 1.165) is 17.1 Å². The second-order valence-electron chi connectivity index (χ2n) is 6.34. The molecule has 7 nitrogen and oxygen atoms in total. The third kappa shape index (κ3) is 4.81. The molecule has 3 rings (SSSR count). The van der Waals surface area contributed by atoms with Crippen molar-refractivity contribution < 1.29 is 13.2 Å². The van der Waals surface area contributed by atoms with Crippen LogP contribution in [0.3, 0.4) is 0 Å². The number of sulfonamides is 1. The summed E-state index contributed by atoms with van der Waals surface area (Å²) in [5.41, 5.74) is 4.47. The van der Waals surface area contributed by atoms with Crippen LogP contribution in [-0.2, 0) is 15.8 Å². The number of aromatic nitrogens is 2. The van der Waals surface area contributed by atoms with Gasteiger partial charge in [0.25, 0.3) is 5.91 Å². The molecule has 1 amide bonds. The monoisotopic (exact) mass is 384 g/mol. The standard InChI is InChI=1S/C19H20N4O3S/c1-13-11-14(2)23(22-13)18-9-5-16(6-10-18)19(24)21-17-7-3-15(4-8-17)12-27(20,25)26/h3-11H,12H2,1-2H3,(H,21,24)(H2,20,25,26). The summed E-state index contributed by atoms with van der Waals surface area (Å²) in [7, 11) is -3.58. The Hall–Kier alpha value is -2.97. The van der Waals surface area contributed by atoms with Crippen molar-refractivity contribution in [2.24, 2.45) is 5.14 Å². The topological polar surface area (TPSA) is 107 Å². The molecule has 0 aliphatic rings. The highest BCUT2D eigenvalue weighted by molar-refractivity contribution is 7.88. The van der Waals surface area contributed by atoms with Crippen molar-refractivity contribution in [2.45, 2.75) is 19.6 Å². The largest absolute Gasteiger partial charge is 0.322 e. The van der Waals surface area contributed by atoms with Gasteiger partial charge in [0, 0.05) is 16.9 Å². The van der Waals surface area contributed by atoms with Crippen LogP contribution in [-0.4, -0.2) is 24.1 Å². The van der Waals surface area contributed by atoms with Crippen molar-refractivity contribution in [1.29, 1.82) is 0 Å². The van der Waals surface area contributed by atoms with E-state index in [0.29, 0.717) is 16.8 Å². The van der Waals surface area contributed by atoms with Crippen molar-refractivity contribution in [2.75, 3.05) is 5.32 Å². The van der Waals surface area contributed by atoms with E-state index in [4.69, 9.17) is 5.14 Å². The molecule has 2 aromatic carbocycles. The Bertz CT molecular complexity index is 1070. The fourth-order valence-corrected chi connectivity index (χ4v) is 3.42. The molecule has 27 heavy (non-hydrogen) atoms. The first-order valence-corrected chi connectivity index (χ1v) is 9.97. The maximum Gasteiger partial charge on any atom is 0.255 e. The molecule has 0 aliphatic heterocycles. The third-order valence-electron chi connectivity index (χ3n) is 3.96. The first-order valence-electron chi connectivity index (χ1n) is 8.26. The van der Waals surface area contributed by atoms with Crippen LogP contribution in [0.5, 0.6) is 0 Å². The maximum absolute atomic E-state index is 12.4. The second kappa shape index (κ2) is 7.34. The zero-order valence-corrected chi connectivity index (χ0v) is 15.8. The van der Waals surface area contributed by atoms with Crippen molar-refractivity contribution in [3.8, 4) is 5.69 Å². The molecular formula is C19H20N4O3S. The van der Waals surface area contributed by atoms with Crippen LogP contribution in [0.1, 0.15) is 27.3 Å². The van der Waals surface area contributed by atoms with Crippen LogP contribution >= 0.6 is 0 Å². The molecule has 8 heteroatoms. The Morgan fingerprint density at radius 1 is 1.07 bits per heavy atom. The molecule has 0 fully saturated rings. The summed E-state index contributed by atoms with van der Waals surface area (Å²) in [6.45, 7) is 3.90. The van der Waals surface area contributed by atoms with E-state index in [9.17, 15) is 13.2 Å². The third-order valence-corrected chi connectivity index (χ3v) is 4.70. The SMILES string of the molecule is Cc1cc(C)n(-c2ccc(C(=O)Nc3ccc(CS(N)(=O)=O)cc3)cc2)n1. The van der Waals surface area contributed by atoms with Gasteiger partial charge in [-0.05, 0) is 61.9 Å². The molecule has 0 spiro atoms. The Labute approximate surface area is 157 Å². The van der Waals surface area contributed by atoms with Gasteiger partial charge in [0.05, 0.1) is 17.1 Å². The first kappa shape index (κ1) is 18.8. The Morgan fingerprint density at radius 3 is 2.22 bits per heavy atom. The van der Waals surface area contributed by atoms with Gasteiger partial charge in [-0.3, -0.25) is 4.79 Å². The minimum absolute atomic E-state index is 0.241. The summed E-state index contributed by atoms with van der Waals surface area (Å²) >= 11 is 0. The lowest BCUT2D eigenvalue weighted by atomic mass is 10.1. The fourth-order valence-electron chi connectivity index (χ4n) is 2.76. The van der Waals surface area contributed by atoms with E-state index in [1.165, 1.54) is 0 Å². The van der Waals surface area contributed by atoms with Gasteiger partial charge in [-0.1, -0.05) is 12.1 Å². The zero-order chi connectivity index (χ0) is 19.6. The van der Waals surface area contributed by atoms with Crippen molar-refractivity contribution >= 4 is 21.6 Å². The summed E-state index contributed by atoms with van der Waals surface area (Å²) < 4.78 is 24.0. The van der Waals surface area contributed by atoms with Gasteiger partial charge in [-0.15, -0.1) is 0 Å². The molecular weight excluding hydrogens is 364 g/mol. The number of nitrogens with one attached hydrogen (secondary N) is 1. The van der Waals surface area contributed by atoms with E-state index < -0.39 is 10.0 Å². The molecule has 0 saturated carbocycles. The molecule has 0 radical (unpaired) electrons. The lowest BCUT2D eigenvalue weighted by Gasteiger charge is -2.08. The summed E-state index contributed by atoms with van der Waals surface area (Å²) in [6, 6.07) is 15.6. The number of carbonyl (C=O) groups is 1. The number of carbonyl (C=O) groups excluding carboxylic acids is 1. The van der Waals surface area contributed by atoms with Gasteiger partial charge >= 0.3 is 0 Å². The molecule has 1 heterocycles. The number of hydrogen-bond donors (Lipinski definition) is 2. The second-order valence-corrected chi connectivity index (χ2v) is 7.96. The number of amides is 1. The smallest absolute Gasteiger partial charge is 0.255 e. The molecule has 0 atom stereocenters. The van der Waals surface area contributed by atoms with Crippen LogP contribution in [0.25, 0.3) is 5.69 Å². The summed E-state index contributed by atoms with van der Waals surface area (Å²) in [5.74, 6) is -0.497. The summed E-state index contributed by atoms with van der Waals surface area (Å²) in [4.78, 5) is 12.4. The predicted molar refractivity (Wildman–Crippen MR) is 104 cm³/mol. The van der Waals surface area contributed by atoms with E-state index >= 15 is 0 Å². The Balaban J connectivity index is 1.70. The Kier molecular flexibility index (Phi) is 5.11. The van der Waals surface area contributed by atoms with Crippen LogP contribution in [0.4, 0.5) is 5.69 Å². The fraction of sp³-hybridized carbons (Fsp3) is 0.158. The number of nitrogens with two attached hydrogens (primary N) is 1. The summed E-state index contributed by atoms with van der Waals surface area (Å²) in [6.07, 6.45) is 0. The van der Waals surface area contributed by atoms with Gasteiger partial charge in [0.1, 0.15) is 0 Å². The van der Waals surface area contributed by atoms with Gasteiger partial charge in [0.2, 0.25) is 10.0 Å². The van der Waals surface area contributed by atoms with Crippen molar-refractivity contribution in [1.82, 2.24) is 9.78 Å². The van der Waals surface area contributed by atoms with Crippen LogP contribution in [0.2, 0.25) is 0 Å². The summed E-state index contributed by atoms with van der Waals surface area (Å²) in [5, 5.41) is 12.2. The van der Waals surface area contributed by atoms with E-state index in [1.807, 2.05) is 36.7 Å². The van der Waals surface area contributed by atoms with Crippen LogP contribution < -0.4 is 10.5 Å². The van der Waals surface area contributed by atoms with Crippen molar-refractivity contribution in [3.63, 3.8) is 0 Å². The molecule has 1 aromatic heterocycles. The molecule has 140 valence electrons. The minimum atomic E-state index is -3.58. The Morgan fingerprint density at radius 2 is 1.70 bits per heavy atom. The molecule has 0 bridgehead atoms. The normalized spacial score (nSPS) is 11.4. The number of primary sulfonamides is 1. The lowest BCUT2D eigenvalue weighted by Crippen LogP contribution is -2.15. The average molecular weight is 384 g/mol. The molecule has 3 aromatic rings. The maximum atomic E-state index is 12.4. The van der Waals surface area contributed by atoms with E-state index in [2.05, 4.69) is 10.4 Å². The van der Waals surface area contributed by atoms with Gasteiger partial charge in [-0.2, -0.15) is 5.10 Å². The highest BCUT2D eigenvalue weighted by Gasteiger charge is 2.09. The quantitative estimate of drug-likeness (QED) is 0.705. The van der Waals surface area contributed by atoms with E-state index in [-0.39, 0.29) is 11.7 Å². The molecule has 3 N–H and O–H groups in total. The van der Waals surface area contributed by atoms with Gasteiger partial charge < -0.3 is 5.32 Å². The highest BCUT2D eigenvalue weighted by atomic mass is 32.2. The average Bonchev–Trinajstić information content (AvgIpc) is 2.94.